The minimum atomic E-state index is -1.12. The topological polar surface area (TPSA) is 120 Å². The first-order valence-corrected chi connectivity index (χ1v) is 12.7. The highest BCUT2D eigenvalue weighted by Crippen LogP contribution is 2.38. The van der Waals surface area contributed by atoms with Gasteiger partial charge in [-0.15, -0.1) is 12.4 Å². The molecule has 0 radical (unpaired) electrons. The molecule has 1 aliphatic rings. The van der Waals surface area contributed by atoms with Crippen molar-refractivity contribution in [2.75, 3.05) is 11.6 Å². The van der Waals surface area contributed by atoms with Gasteiger partial charge in [-0.2, -0.15) is 5.10 Å². The van der Waals surface area contributed by atoms with Crippen molar-refractivity contribution < 1.29 is 13.8 Å². The summed E-state index contributed by atoms with van der Waals surface area (Å²) < 4.78 is 13.5. The maximum Gasteiger partial charge on any atom is 0.269 e. The summed E-state index contributed by atoms with van der Waals surface area (Å²) in [6.07, 6.45) is 5.84. The average Bonchev–Trinajstić information content (AvgIpc) is 3.25. The van der Waals surface area contributed by atoms with Gasteiger partial charge in [-0.05, 0) is 60.9 Å². The van der Waals surface area contributed by atoms with Gasteiger partial charge in [0.05, 0.1) is 22.0 Å². The molecule has 184 valence electrons. The highest BCUT2D eigenvalue weighted by Gasteiger charge is 2.28. The second kappa shape index (κ2) is 10.2. The van der Waals surface area contributed by atoms with Gasteiger partial charge in [-0.1, -0.05) is 17.7 Å². The lowest BCUT2D eigenvalue weighted by atomic mass is 9.88. The number of primary amides is 1. The van der Waals surface area contributed by atoms with Gasteiger partial charge in [0.1, 0.15) is 0 Å². The number of hydrogen-bond donors (Lipinski definition) is 2. The van der Waals surface area contributed by atoms with Crippen molar-refractivity contribution in [2.45, 2.75) is 17.7 Å². The van der Waals surface area contributed by atoms with Crippen LogP contribution in [0.4, 0.5) is 5.69 Å². The molecule has 0 aliphatic heterocycles. The number of nitrogens with zero attached hydrogens (tertiary/aromatic N) is 3. The van der Waals surface area contributed by atoms with Crippen molar-refractivity contribution in [3.63, 3.8) is 0 Å². The van der Waals surface area contributed by atoms with Crippen LogP contribution in [0.25, 0.3) is 16.9 Å². The van der Waals surface area contributed by atoms with E-state index in [-0.39, 0.29) is 29.0 Å². The first-order valence-electron chi connectivity index (χ1n) is 10.7. The number of nitrogens with one attached hydrogen (secondary N) is 1. The van der Waals surface area contributed by atoms with Gasteiger partial charge >= 0.3 is 0 Å². The summed E-state index contributed by atoms with van der Waals surface area (Å²) in [5.41, 5.74) is 10.9. The minimum Gasteiger partial charge on any atom is -0.364 e. The van der Waals surface area contributed by atoms with Crippen molar-refractivity contribution in [3.05, 3.63) is 88.3 Å². The Balaban J connectivity index is 0.00000304. The summed E-state index contributed by atoms with van der Waals surface area (Å²) in [7, 11) is -1.12. The average molecular weight is 542 g/mol. The van der Waals surface area contributed by atoms with Crippen LogP contribution in [0, 0.1) is 0 Å². The van der Waals surface area contributed by atoms with Gasteiger partial charge in [0.25, 0.3) is 11.8 Å². The number of halogens is 2. The Kier molecular flexibility index (Phi) is 7.26. The van der Waals surface area contributed by atoms with Crippen molar-refractivity contribution in [2.24, 2.45) is 5.73 Å². The molecular weight excluding hydrogens is 521 g/mol. The van der Waals surface area contributed by atoms with Crippen LogP contribution in [0.3, 0.4) is 0 Å². The van der Waals surface area contributed by atoms with E-state index in [1.165, 1.54) is 12.4 Å². The lowest BCUT2D eigenvalue weighted by Gasteiger charge is -2.20. The largest absolute Gasteiger partial charge is 0.364 e. The van der Waals surface area contributed by atoms with E-state index in [0.29, 0.717) is 34.7 Å². The molecule has 0 spiro atoms. The normalized spacial score (nSPS) is 12.6. The molecule has 4 aromatic rings. The number of nitrogens with two attached hydrogens (primary N) is 1. The van der Waals surface area contributed by atoms with Crippen LogP contribution in [-0.2, 0) is 23.6 Å². The predicted octanol–water partition coefficient (Wildman–Crippen LogP) is 4.20. The highest BCUT2D eigenvalue weighted by atomic mass is 35.5. The predicted molar refractivity (Wildman–Crippen MR) is 142 cm³/mol. The number of anilines is 1. The number of fused-ring (bicyclic) bond motifs is 3. The third-order valence-electron chi connectivity index (χ3n) is 5.91. The zero-order valence-corrected chi connectivity index (χ0v) is 21.4. The van der Waals surface area contributed by atoms with Gasteiger partial charge in [0.15, 0.2) is 5.69 Å². The Bertz CT molecular complexity index is 1520. The monoisotopic (exact) mass is 541 g/mol. The van der Waals surface area contributed by atoms with Crippen LogP contribution in [0.1, 0.15) is 32.0 Å². The number of amides is 2. The molecule has 11 heteroatoms. The molecule has 8 nitrogen and oxygen atoms in total. The standard InChI is InChI=1S/C25H20ClN5O3S.ClH/c1-35(34)17-7-5-16(6-8-17)31-23-19(22(30-31)24(27)32)9-3-14-2-4-15(12-20(14)23)29-25(33)18-10-11-28-13-21(18)26;/h2,4-8,10-13H,3,9H2,1H3,(H2,27,32)(H,29,33);1H. The molecule has 0 bridgehead atoms. The molecule has 1 unspecified atom stereocenters. The Labute approximate surface area is 220 Å². The number of hydrogen-bond acceptors (Lipinski definition) is 5. The van der Waals surface area contributed by atoms with Gasteiger partial charge in [0, 0.05) is 51.2 Å². The quantitative estimate of drug-likeness (QED) is 0.392. The fourth-order valence-electron chi connectivity index (χ4n) is 4.24. The van der Waals surface area contributed by atoms with E-state index in [2.05, 4.69) is 15.4 Å². The molecule has 36 heavy (non-hydrogen) atoms. The summed E-state index contributed by atoms with van der Waals surface area (Å²) in [5.74, 6) is -0.964. The fourth-order valence-corrected chi connectivity index (χ4v) is 4.96. The molecule has 5 rings (SSSR count). The molecule has 2 aromatic heterocycles. The highest BCUT2D eigenvalue weighted by molar-refractivity contribution is 7.84. The van der Waals surface area contributed by atoms with Crippen LogP contribution in [0.15, 0.2) is 65.8 Å². The Hall–Kier alpha value is -3.53. The Morgan fingerprint density at radius 1 is 1.11 bits per heavy atom. The molecule has 0 saturated carbocycles. The molecular formula is C25H21Cl2N5O3S. The fraction of sp³-hybridized carbons (Fsp3) is 0.120. The summed E-state index contributed by atoms with van der Waals surface area (Å²) >= 11 is 6.12. The summed E-state index contributed by atoms with van der Waals surface area (Å²) in [4.78, 5) is 29.6. The van der Waals surface area contributed by atoms with Crippen LogP contribution in [0.2, 0.25) is 5.02 Å². The third kappa shape index (κ3) is 4.65. The number of benzene rings is 2. The third-order valence-corrected chi connectivity index (χ3v) is 7.15. The maximum absolute atomic E-state index is 12.8. The van der Waals surface area contributed by atoms with Crippen LogP contribution in [0.5, 0.6) is 0 Å². The van der Waals surface area contributed by atoms with E-state index in [1.54, 1.807) is 41.3 Å². The molecule has 1 atom stereocenters. The summed E-state index contributed by atoms with van der Waals surface area (Å²) in [6, 6.07) is 14.3. The van der Waals surface area contributed by atoms with Crippen molar-refractivity contribution in [1.29, 1.82) is 0 Å². The Morgan fingerprint density at radius 2 is 1.86 bits per heavy atom. The molecule has 2 amide bonds. The number of rotatable bonds is 5. The molecule has 1 aliphatic carbocycles. The minimum absolute atomic E-state index is 0. The van der Waals surface area contributed by atoms with Crippen LogP contribution >= 0.6 is 24.0 Å². The number of aryl methyl sites for hydroxylation is 1. The lowest BCUT2D eigenvalue weighted by Crippen LogP contribution is -2.16. The van der Waals surface area contributed by atoms with Crippen molar-refractivity contribution in [3.8, 4) is 16.9 Å². The van der Waals surface area contributed by atoms with Gasteiger partial charge in [-0.25, -0.2) is 4.68 Å². The molecule has 0 saturated heterocycles. The van der Waals surface area contributed by atoms with Gasteiger partial charge in [-0.3, -0.25) is 18.8 Å². The van der Waals surface area contributed by atoms with Crippen LogP contribution < -0.4 is 11.1 Å². The number of carbonyl (C=O) groups excluding carboxylic acids is 2. The zero-order valence-electron chi connectivity index (χ0n) is 19.0. The zero-order chi connectivity index (χ0) is 24.7. The van der Waals surface area contributed by atoms with Crippen LogP contribution in [-0.4, -0.2) is 37.0 Å². The van der Waals surface area contributed by atoms with E-state index in [4.69, 9.17) is 17.3 Å². The number of aromatic nitrogens is 3. The van der Waals surface area contributed by atoms with E-state index in [9.17, 15) is 13.8 Å². The van der Waals surface area contributed by atoms with Gasteiger partial charge < -0.3 is 11.1 Å². The first-order chi connectivity index (χ1) is 16.8. The summed E-state index contributed by atoms with van der Waals surface area (Å²) in [6.45, 7) is 0. The SMILES string of the molecule is CS(=O)c1ccc(-n2nc(C(N)=O)c3c2-c2cc(NC(=O)c4ccncc4Cl)ccc2CC3)cc1.Cl. The van der Waals surface area contributed by atoms with E-state index >= 15 is 0 Å². The second-order valence-corrected chi connectivity index (χ2v) is 9.87. The van der Waals surface area contributed by atoms with Crippen molar-refractivity contribution >= 4 is 52.3 Å². The van der Waals surface area contributed by atoms with Crippen molar-refractivity contribution in [1.82, 2.24) is 14.8 Å². The smallest absolute Gasteiger partial charge is 0.269 e. The Morgan fingerprint density at radius 3 is 2.53 bits per heavy atom. The number of carbonyl (C=O) groups is 2. The van der Waals surface area contributed by atoms with E-state index in [0.717, 1.165) is 22.4 Å². The van der Waals surface area contributed by atoms with Gasteiger partial charge in [0.2, 0.25) is 0 Å². The van der Waals surface area contributed by atoms with E-state index < -0.39 is 16.7 Å². The molecule has 0 fully saturated rings. The summed E-state index contributed by atoms with van der Waals surface area (Å²) in [5, 5.41) is 7.68. The molecule has 2 aromatic carbocycles. The molecule has 3 N–H and O–H groups in total. The maximum atomic E-state index is 12.8. The first kappa shape index (κ1) is 25.6. The lowest BCUT2D eigenvalue weighted by molar-refractivity contribution is 0.0992. The molecule has 2 heterocycles. The van der Waals surface area contributed by atoms with E-state index in [1.807, 2.05) is 18.2 Å². The number of pyridine rings is 1. The second-order valence-electron chi connectivity index (χ2n) is 8.08.